The second kappa shape index (κ2) is 7.18. The van der Waals surface area contributed by atoms with Gasteiger partial charge in [0.1, 0.15) is 0 Å². The molecule has 0 bridgehead atoms. The molecule has 2 heterocycles. The Bertz CT molecular complexity index is 799. The molecule has 124 valence electrons. The van der Waals surface area contributed by atoms with Gasteiger partial charge in [-0.15, -0.1) is 5.10 Å². The van der Waals surface area contributed by atoms with Gasteiger partial charge >= 0.3 is 0 Å². The average Bonchev–Trinajstić information content (AvgIpc) is 3.05. The van der Waals surface area contributed by atoms with Crippen molar-refractivity contribution in [2.45, 2.75) is 26.3 Å². The van der Waals surface area contributed by atoms with Gasteiger partial charge in [-0.05, 0) is 51.2 Å². The average molecular weight is 324 g/mol. The number of likely N-dealkylation sites (N-methyl/N-ethyl adjacent to an activating group) is 1. The van der Waals surface area contributed by atoms with E-state index < -0.39 is 0 Å². The van der Waals surface area contributed by atoms with Crippen molar-refractivity contribution in [2.75, 3.05) is 12.4 Å². The normalized spacial score (nSPS) is 12.1. The van der Waals surface area contributed by atoms with Crippen LogP contribution in [0.3, 0.4) is 0 Å². The van der Waals surface area contributed by atoms with Crippen LogP contribution in [0.15, 0.2) is 40.9 Å². The maximum absolute atomic E-state index is 5.37. The van der Waals surface area contributed by atoms with Gasteiger partial charge in [0.25, 0.3) is 5.89 Å². The van der Waals surface area contributed by atoms with Crippen molar-refractivity contribution in [2.24, 2.45) is 0 Å². The molecule has 0 saturated carbocycles. The second-order valence-electron chi connectivity index (χ2n) is 5.68. The van der Waals surface area contributed by atoms with Gasteiger partial charge in [0.15, 0.2) is 11.6 Å². The van der Waals surface area contributed by atoms with Crippen LogP contribution in [0.2, 0.25) is 0 Å². The highest BCUT2D eigenvalue weighted by Gasteiger charge is 2.11. The lowest BCUT2D eigenvalue weighted by Crippen LogP contribution is -2.24. The number of nitrogens with zero attached hydrogens (tertiary/aromatic N) is 4. The van der Waals surface area contributed by atoms with Crippen molar-refractivity contribution in [1.82, 2.24) is 25.7 Å². The summed E-state index contributed by atoms with van der Waals surface area (Å²) in [5.74, 6) is 1.88. The highest BCUT2D eigenvalue weighted by molar-refractivity contribution is 5.64. The Kier molecular flexibility index (Phi) is 4.81. The lowest BCUT2D eigenvalue weighted by atomic mass is 10.2. The van der Waals surface area contributed by atoms with Crippen molar-refractivity contribution in [3.63, 3.8) is 0 Å². The first-order valence-corrected chi connectivity index (χ1v) is 7.81. The fourth-order valence-corrected chi connectivity index (χ4v) is 2.17. The van der Waals surface area contributed by atoms with Crippen molar-refractivity contribution in [3.05, 3.63) is 47.9 Å². The van der Waals surface area contributed by atoms with Crippen LogP contribution < -0.4 is 10.6 Å². The molecule has 0 spiro atoms. The topological polar surface area (TPSA) is 88.8 Å². The third kappa shape index (κ3) is 3.94. The fraction of sp³-hybridized carbons (Fsp3) is 0.294. The number of anilines is 2. The Morgan fingerprint density at radius 3 is 2.79 bits per heavy atom. The monoisotopic (exact) mass is 324 g/mol. The number of nitrogens with one attached hydrogen (secondary N) is 2. The van der Waals surface area contributed by atoms with Crippen molar-refractivity contribution in [1.29, 1.82) is 0 Å². The first-order chi connectivity index (χ1) is 11.6. The van der Waals surface area contributed by atoms with Gasteiger partial charge in [-0.3, -0.25) is 0 Å². The van der Waals surface area contributed by atoms with Gasteiger partial charge in [-0.25, -0.2) is 0 Å². The molecule has 0 fully saturated rings. The molecule has 0 aliphatic rings. The van der Waals surface area contributed by atoms with Gasteiger partial charge in [0, 0.05) is 23.7 Å². The van der Waals surface area contributed by atoms with E-state index in [0.717, 1.165) is 23.4 Å². The molecular formula is C17H20N6O. The van der Waals surface area contributed by atoms with Crippen LogP contribution in [-0.2, 0) is 6.42 Å². The standard InChI is InChI=1S/C17H20N6O/c1-11-7-8-15(22-21-11)19-14-6-4-5-13(10-14)17-20-16(23-24-17)9-12(2)18-3/h4-8,10,12,18H,9H2,1-3H3,(H,19,22). The van der Waals surface area contributed by atoms with Gasteiger partial charge in [0.2, 0.25) is 0 Å². The maximum Gasteiger partial charge on any atom is 0.257 e. The zero-order chi connectivity index (χ0) is 16.9. The molecule has 3 rings (SSSR count). The summed E-state index contributed by atoms with van der Waals surface area (Å²) < 4.78 is 5.37. The molecule has 0 amide bonds. The Morgan fingerprint density at radius 2 is 2.04 bits per heavy atom. The second-order valence-corrected chi connectivity index (χ2v) is 5.68. The number of benzene rings is 1. The van der Waals surface area contributed by atoms with E-state index in [2.05, 4.69) is 37.9 Å². The molecule has 1 aromatic carbocycles. The lowest BCUT2D eigenvalue weighted by molar-refractivity contribution is 0.418. The van der Waals surface area contributed by atoms with E-state index >= 15 is 0 Å². The highest BCUT2D eigenvalue weighted by atomic mass is 16.5. The third-order valence-electron chi connectivity index (χ3n) is 3.63. The van der Waals surface area contributed by atoms with Gasteiger partial charge in [0.05, 0.1) is 5.69 Å². The number of rotatable bonds is 6. The number of hydrogen-bond acceptors (Lipinski definition) is 7. The molecule has 1 unspecified atom stereocenters. The van der Waals surface area contributed by atoms with Crippen LogP contribution >= 0.6 is 0 Å². The van der Waals surface area contributed by atoms with E-state index in [9.17, 15) is 0 Å². The van der Waals surface area contributed by atoms with E-state index in [4.69, 9.17) is 4.52 Å². The summed E-state index contributed by atoms with van der Waals surface area (Å²) in [4.78, 5) is 4.45. The largest absolute Gasteiger partial charge is 0.339 e. The molecule has 3 aromatic rings. The maximum atomic E-state index is 5.37. The summed E-state index contributed by atoms with van der Waals surface area (Å²) in [6.45, 7) is 3.97. The van der Waals surface area contributed by atoms with Crippen LogP contribution in [0.5, 0.6) is 0 Å². The minimum Gasteiger partial charge on any atom is -0.339 e. The van der Waals surface area contributed by atoms with E-state index in [1.807, 2.05) is 50.4 Å². The first-order valence-electron chi connectivity index (χ1n) is 7.81. The summed E-state index contributed by atoms with van der Waals surface area (Å²) >= 11 is 0. The van der Waals surface area contributed by atoms with Gasteiger partial charge < -0.3 is 15.2 Å². The minimum atomic E-state index is 0.295. The molecule has 0 saturated heterocycles. The summed E-state index contributed by atoms with van der Waals surface area (Å²) in [6, 6.07) is 11.9. The van der Waals surface area contributed by atoms with E-state index in [-0.39, 0.29) is 0 Å². The van der Waals surface area contributed by atoms with Crippen molar-refractivity contribution >= 4 is 11.5 Å². The third-order valence-corrected chi connectivity index (χ3v) is 3.63. The summed E-state index contributed by atoms with van der Waals surface area (Å²) in [5, 5.41) is 18.5. The van der Waals surface area contributed by atoms with Crippen LogP contribution in [-0.4, -0.2) is 33.4 Å². The van der Waals surface area contributed by atoms with E-state index in [1.54, 1.807) is 0 Å². The van der Waals surface area contributed by atoms with Crippen molar-refractivity contribution < 1.29 is 4.52 Å². The molecule has 0 aliphatic heterocycles. The van der Waals surface area contributed by atoms with E-state index in [0.29, 0.717) is 23.6 Å². The van der Waals surface area contributed by atoms with Gasteiger partial charge in [-0.2, -0.15) is 10.1 Å². The molecular weight excluding hydrogens is 304 g/mol. The minimum absolute atomic E-state index is 0.295. The Labute approximate surface area is 140 Å². The lowest BCUT2D eigenvalue weighted by Gasteiger charge is -2.06. The predicted octanol–water partition coefficient (Wildman–Crippen LogP) is 2.73. The Hall–Kier alpha value is -2.80. The van der Waals surface area contributed by atoms with E-state index in [1.165, 1.54) is 0 Å². The first kappa shape index (κ1) is 16.1. The number of aryl methyl sites for hydroxylation is 1. The summed E-state index contributed by atoms with van der Waals surface area (Å²) in [7, 11) is 1.91. The predicted molar refractivity (Wildman–Crippen MR) is 92.0 cm³/mol. The van der Waals surface area contributed by atoms with Crippen LogP contribution in [0, 0.1) is 6.92 Å². The quantitative estimate of drug-likeness (QED) is 0.720. The van der Waals surface area contributed by atoms with Gasteiger partial charge in [-0.1, -0.05) is 11.2 Å². The molecule has 0 radical (unpaired) electrons. The molecule has 7 heteroatoms. The van der Waals surface area contributed by atoms with Crippen LogP contribution in [0.25, 0.3) is 11.5 Å². The molecule has 2 aromatic heterocycles. The number of aromatic nitrogens is 4. The molecule has 7 nitrogen and oxygen atoms in total. The van der Waals surface area contributed by atoms with Crippen LogP contribution in [0.4, 0.5) is 11.5 Å². The summed E-state index contributed by atoms with van der Waals surface area (Å²) in [6.07, 6.45) is 0.719. The smallest absolute Gasteiger partial charge is 0.257 e. The van der Waals surface area contributed by atoms with Crippen LogP contribution in [0.1, 0.15) is 18.4 Å². The highest BCUT2D eigenvalue weighted by Crippen LogP contribution is 2.23. The zero-order valence-electron chi connectivity index (χ0n) is 13.9. The molecule has 2 N–H and O–H groups in total. The molecule has 1 atom stereocenters. The fourth-order valence-electron chi connectivity index (χ4n) is 2.17. The SMILES string of the molecule is CNC(C)Cc1noc(-c2cccc(Nc3ccc(C)nn3)c2)n1. The Balaban J connectivity index is 1.76. The number of hydrogen-bond donors (Lipinski definition) is 2. The Morgan fingerprint density at radius 1 is 1.17 bits per heavy atom. The molecule has 0 aliphatic carbocycles. The van der Waals surface area contributed by atoms with Crippen molar-refractivity contribution in [3.8, 4) is 11.5 Å². The summed E-state index contributed by atoms with van der Waals surface area (Å²) in [5.41, 5.74) is 2.62. The zero-order valence-corrected chi connectivity index (χ0v) is 13.9. The molecule has 24 heavy (non-hydrogen) atoms.